The maximum absolute atomic E-state index is 6.17. The highest BCUT2D eigenvalue weighted by Gasteiger charge is 2.23. The van der Waals surface area contributed by atoms with E-state index in [1.165, 1.54) is 36.8 Å². The van der Waals surface area contributed by atoms with Gasteiger partial charge in [-0.15, -0.1) is 6.58 Å². The summed E-state index contributed by atoms with van der Waals surface area (Å²) in [6, 6.07) is 14.8. The van der Waals surface area contributed by atoms with Gasteiger partial charge in [-0.3, -0.25) is 4.90 Å². The average Bonchev–Trinajstić information content (AvgIpc) is 2.98. The van der Waals surface area contributed by atoms with E-state index < -0.39 is 0 Å². The number of imidazole rings is 1. The van der Waals surface area contributed by atoms with Crippen LogP contribution >= 0.6 is 0 Å². The zero-order valence-corrected chi connectivity index (χ0v) is 19.4. The molecular formula is C27H35N3O2. The molecule has 1 aliphatic heterocycles. The summed E-state index contributed by atoms with van der Waals surface area (Å²) in [5.41, 5.74) is 3.38. The van der Waals surface area contributed by atoms with Gasteiger partial charge in [0.2, 0.25) is 0 Å². The minimum Gasteiger partial charge on any atom is -0.493 e. The molecule has 2 heterocycles. The van der Waals surface area contributed by atoms with Crippen molar-refractivity contribution in [2.24, 2.45) is 0 Å². The van der Waals surface area contributed by atoms with Crippen molar-refractivity contribution in [2.45, 2.75) is 51.6 Å². The van der Waals surface area contributed by atoms with Gasteiger partial charge < -0.3 is 14.0 Å². The first-order chi connectivity index (χ1) is 15.7. The quantitative estimate of drug-likeness (QED) is 0.401. The van der Waals surface area contributed by atoms with Crippen LogP contribution in [0.4, 0.5) is 0 Å². The Morgan fingerprint density at radius 1 is 1.06 bits per heavy atom. The zero-order chi connectivity index (χ0) is 22.3. The Bertz CT molecular complexity index is 1030. The van der Waals surface area contributed by atoms with Crippen LogP contribution in [0.1, 0.15) is 50.0 Å². The Kier molecular flexibility index (Phi) is 7.48. The van der Waals surface area contributed by atoms with Crippen LogP contribution in [-0.4, -0.2) is 41.3 Å². The van der Waals surface area contributed by atoms with E-state index >= 15 is 0 Å². The van der Waals surface area contributed by atoms with Crippen molar-refractivity contribution in [3.63, 3.8) is 0 Å². The highest BCUT2D eigenvalue weighted by atomic mass is 16.5. The number of likely N-dealkylation sites (tertiary alicyclic amines) is 1. The molecule has 5 nitrogen and oxygen atoms in total. The predicted molar refractivity (Wildman–Crippen MR) is 131 cm³/mol. The molecule has 0 N–H and O–H groups in total. The number of fused-ring (bicyclic) bond motifs is 1. The number of para-hydroxylation sites is 2. The summed E-state index contributed by atoms with van der Waals surface area (Å²) in [6.45, 7) is 9.70. The molecule has 32 heavy (non-hydrogen) atoms. The van der Waals surface area contributed by atoms with Crippen LogP contribution in [0.5, 0.6) is 11.5 Å². The van der Waals surface area contributed by atoms with Gasteiger partial charge in [0.25, 0.3) is 0 Å². The number of rotatable bonds is 9. The van der Waals surface area contributed by atoms with E-state index in [1.807, 2.05) is 18.2 Å². The van der Waals surface area contributed by atoms with E-state index in [9.17, 15) is 0 Å². The van der Waals surface area contributed by atoms with Crippen molar-refractivity contribution < 1.29 is 9.47 Å². The van der Waals surface area contributed by atoms with Crippen LogP contribution in [0.25, 0.3) is 11.0 Å². The van der Waals surface area contributed by atoms with Gasteiger partial charge in [-0.05, 0) is 69.1 Å². The normalized spacial score (nSPS) is 15.9. The van der Waals surface area contributed by atoms with Crippen LogP contribution < -0.4 is 9.47 Å². The molecule has 170 valence electrons. The first kappa shape index (κ1) is 22.4. The summed E-state index contributed by atoms with van der Waals surface area (Å²) in [5, 5.41) is 0. The van der Waals surface area contributed by atoms with E-state index in [1.54, 1.807) is 7.11 Å². The molecule has 0 saturated carbocycles. The van der Waals surface area contributed by atoms with Crippen molar-refractivity contribution >= 4 is 11.0 Å². The molecule has 0 radical (unpaired) electrons. The molecule has 0 spiro atoms. The lowest BCUT2D eigenvalue weighted by atomic mass is 10.1. The van der Waals surface area contributed by atoms with Gasteiger partial charge >= 0.3 is 0 Å². The number of aromatic nitrogens is 2. The van der Waals surface area contributed by atoms with Crippen molar-refractivity contribution in [1.29, 1.82) is 0 Å². The van der Waals surface area contributed by atoms with Gasteiger partial charge in [0.05, 0.1) is 30.7 Å². The van der Waals surface area contributed by atoms with Crippen molar-refractivity contribution in [2.75, 3.05) is 26.8 Å². The van der Waals surface area contributed by atoms with E-state index in [4.69, 9.17) is 14.5 Å². The number of hydrogen-bond donors (Lipinski definition) is 0. The largest absolute Gasteiger partial charge is 0.493 e. The Labute approximate surface area is 191 Å². The van der Waals surface area contributed by atoms with Gasteiger partial charge in [0.15, 0.2) is 11.5 Å². The summed E-state index contributed by atoms with van der Waals surface area (Å²) < 4.78 is 14.1. The lowest BCUT2D eigenvalue weighted by Crippen LogP contribution is -2.30. The minimum atomic E-state index is 0.285. The van der Waals surface area contributed by atoms with E-state index in [-0.39, 0.29) is 6.04 Å². The lowest BCUT2D eigenvalue weighted by molar-refractivity contribution is 0.204. The summed E-state index contributed by atoms with van der Waals surface area (Å²) in [5.74, 6) is 2.66. The fourth-order valence-corrected chi connectivity index (χ4v) is 4.67. The summed E-state index contributed by atoms with van der Waals surface area (Å²) in [7, 11) is 1.68. The molecular weight excluding hydrogens is 398 g/mol. The highest BCUT2D eigenvalue weighted by Crippen LogP contribution is 2.30. The molecule has 1 aliphatic rings. The second kappa shape index (κ2) is 10.7. The summed E-state index contributed by atoms with van der Waals surface area (Å²) in [6.07, 6.45) is 7.92. The Morgan fingerprint density at radius 3 is 2.59 bits per heavy atom. The molecule has 1 atom stereocenters. The number of methoxy groups -OCH3 is 1. The molecule has 5 heteroatoms. The van der Waals surface area contributed by atoms with Gasteiger partial charge in [-0.2, -0.15) is 0 Å². The van der Waals surface area contributed by atoms with E-state index in [2.05, 4.69) is 53.3 Å². The third-order valence-corrected chi connectivity index (χ3v) is 6.43. The molecule has 1 unspecified atom stereocenters. The third-order valence-electron chi connectivity index (χ3n) is 6.43. The van der Waals surface area contributed by atoms with Crippen molar-refractivity contribution in [3.8, 4) is 11.5 Å². The predicted octanol–water partition coefficient (Wildman–Crippen LogP) is 5.79. The van der Waals surface area contributed by atoms with Crippen LogP contribution in [-0.2, 0) is 13.0 Å². The van der Waals surface area contributed by atoms with Crippen molar-refractivity contribution in [1.82, 2.24) is 14.5 Å². The Balaban J connectivity index is 1.53. The monoisotopic (exact) mass is 433 g/mol. The maximum Gasteiger partial charge on any atom is 0.161 e. The van der Waals surface area contributed by atoms with Crippen LogP contribution in [0.3, 0.4) is 0 Å². The maximum atomic E-state index is 6.17. The molecule has 0 bridgehead atoms. The van der Waals surface area contributed by atoms with Crippen LogP contribution in [0.2, 0.25) is 0 Å². The molecule has 2 aromatic carbocycles. The van der Waals surface area contributed by atoms with E-state index in [0.29, 0.717) is 6.61 Å². The molecule has 1 fully saturated rings. The number of allylic oxidation sites excluding steroid dienone is 1. The number of nitrogens with zero attached hydrogens (tertiary/aromatic N) is 3. The number of benzene rings is 2. The minimum absolute atomic E-state index is 0.285. The molecule has 4 rings (SSSR count). The highest BCUT2D eigenvalue weighted by molar-refractivity contribution is 5.76. The van der Waals surface area contributed by atoms with Crippen molar-refractivity contribution in [3.05, 3.63) is 66.5 Å². The topological polar surface area (TPSA) is 39.5 Å². The van der Waals surface area contributed by atoms with Crippen LogP contribution in [0.15, 0.2) is 55.1 Å². The molecule has 1 aromatic heterocycles. The summed E-state index contributed by atoms with van der Waals surface area (Å²) in [4.78, 5) is 7.63. The second-order valence-electron chi connectivity index (χ2n) is 8.56. The number of hydrogen-bond acceptors (Lipinski definition) is 4. The zero-order valence-electron chi connectivity index (χ0n) is 19.4. The average molecular weight is 434 g/mol. The lowest BCUT2D eigenvalue weighted by Gasteiger charge is -2.27. The standard InChI is InChI=1S/C27H35N3O2/c1-4-11-22-14-15-25(26(20-22)31-3)32-19-18-30-24-13-8-7-12-23(24)28-27(30)21(2)29-16-9-5-6-10-17-29/h4,7-8,12-15,20-21H,1,5-6,9-11,16-19H2,2-3H3. The van der Waals surface area contributed by atoms with Gasteiger partial charge in [-0.1, -0.05) is 37.1 Å². The molecule has 0 aliphatic carbocycles. The first-order valence-corrected chi connectivity index (χ1v) is 11.8. The summed E-state index contributed by atoms with van der Waals surface area (Å²) >= 11 is 0. The third kappa shape index (κ3) is 4.99. The first-order valence-electron chi connectivity index (χ1n) is 11.8. The van der Waals surface area contributed by atoms with Crippen LogP contribution in [0, 0.1) is 0 Å². The fraction of sp³-hybridized carbons (Fsp3) is 0.444. The van der Waals surface area contributed by atoms with Gasteiger partial charge in [0.1, 0.15) is 12.4 Å². The molecule has 1 saturated heterocycles. The van der Waals surface area contributed by atoms with E-state index in [0.717, 1.165) is 48.9 Å². The molecule has 0 amide bonds. The fourth-order valence-electron chi connectivity index (χ4n) is 4.67. The molecule has 3 aromatic rings. The Hall–Kier alpha value is -2.79. The second-order valence-corrected chi connectivity index (χ2v) is 8.56. The smallest absolute Gasteiger partial charge is 0.161 e. The van der Waals surface area contributed by atoms with Gasteiger partial charge in [-0.25, -0.2) is 4.98 Å². The number of ether oxygens (including phenoxy) is 2. The SMILES string of the molecule is C=CCc1ccc(OCCn2c(C(C)N3CCCCCC3)nc3ccccc32)c(OC)c1. The van der Waals surface area contributed by atoms with Gasteiger partial charge in [0, 0.05) is 0 Å². The Morgan fingerprint density at radius 2 is 1.84 bits per heavy atom.